The molecule has 2 unspecified atom stereocenters. The standard InChI is InChI=1S/C20H32N4O/c1-3-21-20(22-17-9-11-24(12-10-17)13-14-25-2)23-19-15-18(19)16-7-5-4-6-8-16/h4-8,17-19H,3,9-15H2,1-2H3,(H2,21,22,23). The summed E-state index contributed by atoms with van der Waals surface area (Å²) in [4.78, 5) is 7.14. The number of likely N-dealkylation sites (tertiary alicyclic amines) is 1. The van der Waals surface area contributed by atoms with Crippen LogP contribution >= 0.6 is 0 Å². The van der Waals surface area contributed by atoms with Crippen LogP contribution in [-0.2, 0) is 4.74 Å². The molecule has 5 nitrogen and oxygen atoms in total. The van der Waals surface area contributed by atoms with Crippen molar-refractivity contribution in [2.75, 3.05) is 39.9 Å². The summed E-state index contributed by atoms with van der Waals surface area (Å²) in [5, 5.41) is 7.30. The molecule has 0 amide bonds. The summed E-state index contributed by atoms with van der Waals surface area (Å²) in [6.07, 6.45) is 3.53. The Kier molecular flexibility index (Phi) is 6.70. The zero-order valence-electron chi connectivity index (χ0n) is 15.6. The van der Waals surface area contributed by atoms with E-state index in [0.29, 0.717) is 18.0 Å². The Morgan fingerprint density at radius 1 is 1.20 bits per heavy atom. The molecular weight excluding hydrogens is 312 g/mol. The molecule has 1 aromatic carbocycles. The summed E-state index contributed by atoms with van der Waals surface area (Å²) in [5.74, 6) is 1.61. The molecule has 0 spiro atoms. The number of piperidine rings is 1. The van der Waals surface area contributed by atoms with Gasteiger partial charge >= 0.3 is 0 Å². The normalized spacial score (nSPS) is 25.0. The highest BCUT2D eigenvalue weighted by molar-refractivity contribution is 5.81. The first-order valence-electron chi connectivity index (χ1n) is 9.64. The van der Waals surface area contributed by atoms with Crippen molar-refractivity contribution in [3.05, 3.63) is 35.9 Å². The fourth-order valence-corrected chi connectivity index (χ4v) is 3.60. The van der Waals surface area contributed by atoms with Crippen molar-refractivity contribution >= 4 is 5.96 Å². The topological polar surface area (TPSA) is 48.9 Å². The van der Waals surface area contributed by atoms with E-state index in [-0.39, 0.29) is 0 Å². The smallest absolute Gasteiger partial charge is 0.191 e. The van der Waals surface area contributed by atoms with E-state index in [2.05, 4.69) is 57.8 Å². The highest BCUT2D eigenvalue weighted by Gasteiger charge is 2.39. The summed E-state index contributed by atoms with van der Waals surface area (Å²) in [6.45, 7) is 7.04. The Morgan fingerprint density at radius 3 is 2.64 bits per heavy atom. The molecule has 0 radical (unpaired) electrons. The van der Waals surface area contributed by atoms with Gasteiger partial charge < -0.3 is 20.3 Å². The predicted molar refractivity (Wildman–Crippen MR) is 103 cm³/mol. The first-order valence-corrected chi connectivity index (χ1v) is 9.64. The number of benzene rings is 1. The van der Waals surface area contributed by atoms with Crippen LogP contribution in [0.3, 0.4) is 0 Å². The molecular formula is C20H32N4O. The number of ether oxygens (including phenoxy) is 1. The zero-order chi connectivity index (χ0) is 17.5. The summed E-state index contributed by atoms with van der Waals surface area (Å²) in [6, 6.07) is 11.8. The number of hydrogen-bond acceptors (Lipinski definition) is 3. The van der Waals surface area contributed by atoms with Crippen LogP contribution in [-0.4, -0.2) is 62.8 Å². The van der Waals surface area contributed by atoms with Crippen molar-refractivity contribution in [3.63, 3.8) is 0 Å². The van der Waals surface area contributed by atoms with Gasteiger partial charge in [-0.25, -0.2) is 0 Å². The molecule has 1 saturated heterocycles. The maximum atomic E-state index is 5.18. The number of methoxy groups -OCH3 is 1. The first kappa shape index (κ1) is 18.2. The third-order valence-electron chi connectivity index (χ3n) is 5.20. The van der Waals surface area contributed by atoms with Crippen molar-refractivity contribution in [2.45, 2.75) is 44.2 Å². The number of rotatable bonds is 7. The van der Waals surface area contributed by atoms with Gasteiger partial charge in [0.15, 0.2) is 5.96 Å². The molecule has 2 N–H and O–H groups in total. The van der Waals surface area contributed by atoms with E-state index in [0.717, 1.165) is 38.7 Å². The summed E-state index contributed by atoms with van der Waals surface area (Å²) >= 11 is 0. The highest BCUT2D eigenvalue weighted by Crippen LogP contribution is 2.40. The third-order valence-corrected chi connectivity index (χ3v) is 5.20. The van der Waals surface area contributed by atoms with Crippen LogP contribution < -0.4 is 10.6 Å². The van der Waals surface area contributed by atoms with Crippen LogP contribution in [0, 0.1) is 0 Å². The van der Waals surface area contributed by atoms with E-state index >= 15 is 0 Å². The maximum Gasteiger partial charge on any atom is 0.191 e. The lowest BCUT2D eigenvalue weighted by molar-refractivity contribution is 0.128. The molecule has 1 saturated carbocycles. The van der Waals surface area contributed by atoms with Crippen LogP contribution in [0.15, 0.2) is 35.3 Å². The van der Waals surface area contributed by atoms with Gasteiger partial charge in [-0.2, -0.15) is 0 Å². The summed E-state index contributed by atoms with van der Waals surface area (Å²) in [7, 11) is 1.77. The van der Waals surface area contributed by atoms with Gasteiger partial charge in [0.2, 0.25) is 0 Å². The molecule has 2 atom stereocenters. The van der Waals surface area contributed by atoms with E-state index in [1.807, 2.05) is 0 Å². The molecule has 1 heterocycles. The average Bonchev–Trinajstić information content (AvgIpc) is 3.41. The van der Waals surface area contributed by atoms with Gasteiger partial charge in [0.1, 0.15) is 0 Å². The monoisotopic (exact) mass is 344 g/mol. The van der Waals surface area contributed by atoms with Gasteiger partial charge in [0.25, 0.3) is 0 Å². The largest absolute Gasteiger partial charge is 0.383 e. The molecule has 2 aliphatic rings. The Balaban J connectivity index is 1.45. The summed E-state index contributed by atoms with van der Waals surface area (Å²) < 4.78 is 5.18. The number of hydrogen-bond donors (Lipinski definition) is 2. The van der Waals surface area contributed by atoms with Gasteiger partial charge in [-0.1, -0.05) is 30.3 Å². The lowest BCUT2D eigenvalue weighted by Gasteiger charge is -2.33. The fourth-order valence-electron chi connectivity index (χ4n) is 3.60. The number of aliphatic imine (C=N–C) groups is 1. The van der Waals surface area contributed by atoms with Crippen molar-refractivity contribution in [3.8, 4) is 0 Å². The van der Waals surface area contributed by atoms with Gasteiger partial charge in [0, 0.05) is 51.3 Å². The Morgan fingerprint density at radius 2 is 1.96 bits per heavy atom. The zero-order valence-corrected chi connectivity index (χ0v) is 15.6. The highest BCUT2D eigenvalue weighted by atomic mass is 16.5. The molecule has 25 heavy (non-hydrogen) atoms. The van der Waals surface area contributed by atoms with Crippen LogP contribution in [0.5, 0.6) is 0 Å². The van der Waals surface area contributed by atoms with Crippen LogP contribution in [0.1, 0.15) is 37.7 Å². The minimum atomic E-state index is 0.516. The minimum absolute atomic E-state index is 0.516. The SMILES string of the molecule is CCN=C(NC1CCN(CCOC)CC1)NC1CC1c1ccccc1. The second-order valence-electron chi connectivity index (χ2n) is 7.08. The molecule has 0 aromatic heterocycles. The lowest BCUT2D eigenvalue weighted by Crippen LogP contribution is -2.49. The molecule has 1 aliphatic carbocycles. The van der Waals surface area contributed by atoms with Gasteiger partial charge in [-0.15, -0.1) is 0 Å². The molecule has 2 fully saturated rings. The molecule has 5 heteroatoms. The molecule has 0 bridgehead atoms. The molecule has 1 aromatic rings. The van der Waals surface area contributed by atoms with Gasteiger partial charge in [-0.3, -0.25) is 4.99 Å². The quantitative estimate of drug-likeness (QED) is 0.588. The van der Waals surface area contributed by atoms with E-state index in [1.165, 1.54) is 24.8 Å². The lowest BCUT2D eigenvalue weighted by atomic mass is 10.1. The summed E-state index contributed by atoms with van der Waals surface area (Å²) in [5.41, 5.74) is 1.43. The average molecular weight is 345 g/mol. The second-order valence-corrected chi connectivity index (χ2v) is 7.08. The van der Waals surface area contributed by atoms with E-state index in [9.17, 15) is 0 Å². The van der Waals surface area contributed by atoms with Crippen molar-refractivity contribution in [1.29, 1.82) is 0 Å². The second kappa shape index (κ2) is 9.20. The number of nitrogens with one attached hydrogen (secondary N) is 2. The van der Waals surface area contributed by atoms with Crippen molar-refractivity contribution in [1.82, 2.24) is 15.5 Å². The molecule has 1 aliphatic heterocycles. The van der Waals surface area contributed by atoms with E-state index in [4.69, 9.17) is 4.74 Å². The Bertz CT molecular complexity index is 540. The predicted octanol–water partition coefficient (Wildman–Crippen LogP) is 2.21. The maximum absolute atomic E-state index is 5.18. The van der Waals surface area contributed by atoms with Crippen LogP contribution in [0.2, 0.25) is 0 Å². The minimum Gasteiger partial charge on any atom is -0.383 e. The van der Waals surface area contributed by atoms with Crippen LogP contribution in [0.25, 0.3) is 0 Å². The molecule has 3 rings (SSSR count). The fraction of sp³-hybridized carbons (Fsp3) is 0.650. The number of nitrogens with zero attached hydrogens (tertiary/aromatic N) is 2. The number of guanidine groups is 1. The van der Waals surface area contributed by atoms with Gasteiger partial charge in [-0.05, 0) is 31.7 Å². The third kappa shape index (κ3) is 5.44. The Hall–Kier alpha value is -1.59. The molecule has 138 valence electrons. The van der Waals surface area contributed by atoms with Crippen LogP contribution in [0.4, 0.5) is 0 Å². The van der Waals surface area contributed by atoms with E-state index < -0.39 is 0 Å². The van der Waals surface area contributed by atoms with E-state index in [1.54, 1.807) is 7.11 Å². The first-order chi connectivity index (χ1) is 12.3. The Labute approximate surface area is 151 Å². The van der Waals surface area contributed by atoms with Crippen molar-refractivity contribution in [2.24, 2.45) is 4.99 Å². The van der Waals surface area contributed by atoms with Gasteiger partial charge in [0.05, 0.1) is 6.61 Å². The van der Waals surface area contributed by atoms with Crippen molar-refractivity contribution < 1.29 is 4.74 Å².